The largest absolute Gasteiger partial charge is 0.489 e. The maximum Gasteiger partial charge on any atom is 0.489 e. The highest BCUT2D eigenvalue weighted by Crippen LogP contribution is 2.25. The molecule has 0 amide bonds. The van der Waals surface area contributed by atoms with Crippen molar-refractivity contribution in [3.05, 3.63) is 137 Å². The molecule has 0 spiro atoms. The van der Waals surface area contributed by atoms with Gasteiger partial charge in [0.1, 0.15) is 6.29 Å². The minimum absolute atomic E-state index is 0.185. The van der Waals surface area contributed by atoms with Crippen LogP contribution >= 0.6 is 0 Å². The summed E-state index contributed by atoms with van der Waals surface area (Å²) < 4.78 is 1.60. The molecule has 0 aliphatic rings. The van der Waals surface area contributed by atoms with E-state index in [1.165, 1.54) is 18.6 Å². The number of aromatic nitrogens is 2. The monoisotopic (exact) mass is 576 g/mol. The van der Waals surface area contributed by atoms with Crippen LogP contribution in [0.25, 0.3) is 28.1 Å². The van der Waals surface area contributed by atoms with Gasteiger partial charge in [0.05, 0.1) is 5.69 Å². The summed E-state index contributed by atoms with van der Waals surface area (Å²) in [5.74, 6) is 0. The van der Waals surface area contributed by atoms with Crippen molar-refractivity contribution < 1.29 is 19.6 Å². The van der Waals surface area contributed by atoms with Crippen LogP contribution in [0.3, 0.4) is 0 Å². The topological polar surface area (TPSA) is 109 Å². The minimum Gasteiger partial charge on any atom is -0.423 e. The molecule has 7 nitrogen and oxygen atoms in total. The van der Waals surface area contributed by atoms with Crippen LogP contribution in [0.2, 0.25) is 0 Å². The summed E-state index contributed by atoms with van der Waals surface area (Å²) in [6.07, 6.45) is 6.11. The molecular weight excluding hydrogens is 539 g/mol. The molecule has 43 heavy (non-hydrogen) atoms. The zero-order valence-corrected chi connectivity index (χ0v) is 24.9. The van der Waals surface area contributed by atoms with Crippen LogP contribution in [0.5, 0.6) is 0 Å². The molecule has 0 aliphatic carbocycles. The number of aldehydes is 2. The highest BCUT2D eigenvalue weighted by atomic mass is 16.4. The Balaban J connectivity index is 0.000000336. The molecular formula is C35H37BN2O5. The summed E-state index contributed by atoms with van der Waals surface area (Å²) in [5, 5.41) is 17.5. The first kappa shape index (κ1) is 34.3. The lowest BCUT2D eigenvalue weighted by Gasteiger charge is -2.13. The maximum atomic E-state index is 13.2. The van der Waals surface area contributed by atoms with E-state index in [0.717, 1.165) is 23.2 Å². The van der Waals surface area contributed by atoms with Crippen LogP contribution < -0.4 is 11.0 Å². The average molecular weight is 577 g/mol. The van der Waals surface area contributed by atoms with Crippen LogP contribution in [0, 0.1) is 0 Å². The zero-order chi connectivity index (χ0) is 31.6. The summed E-state index contributed by atoms with van der Waals surface area (Å²) in [6.45, 7) is 8.25. The number of para-hydroxylation sites is 1. The third-order valence-electron chi connectivity index (χ3n) is 5.79. The summed E-state index contributed by atoms with van der Waals surface area (Å²) in [5.41, 5.74) is 4.23. The molecule has 5 rings (SSSR count). The molecule has 0 saturated carbocycles. The Morgan fingerprint density at radius 3 is 1.86 bits per heavy atom. The number of nitrogens with zero attached hydrogens (tertiary/aromatic N) is 2. The molecule has 220 valence electrons. The van der Waals surface area contributed by atoms with E-state index >= 15 is 0 Å². The number of carbonyl (C=O) groups is 2. The number of hydrogen-bond acceptors (Lipinski definition) is 6. The molecule has 0 saturated heterocycles. The predicted molar refractivity (Wildman–Crippen MR) is 175 cm³/mol. The van der Waals surface area contributed by atoms with E-state index in [0.29, 0.717) is 28.5 Å². The smallest absolute Gasteiger partial charge is 0.423 e. The van der Waals surface area contributed by atoms with Crippen LogP contribution in [-0.4, -0.2) is 39.3 Å². The van der Waals surface area contributed by atoms with Crippen molar-refractivity contribution >= 4 is 25.2 Å². The van der Waals surface area contributed by atoms with Crippen molar-refractivity contribution in [1.82, 2.24) is 9.55 Å². The Morgan fingerprint density at radius 1 is 0.744 bits per heavy atom. The van der Waals surface area contributed by atoms with Gasteiger partial charge in [0, 0.05) is 40.3 Å². The van der Waals surface area contributed by atoms with Gasteiger partial charge >= 0.3 is 7.12 Å². The molecule has 2 heterocycles. The van der Waals surface area contributed by atoms with E-state index in [2.05, 4.69) is 18.8 Å². The number of benzene rings is 3. The van der Waals surface area contributed by atoms with E-state index in [-0.39, 0.29) is 11.0 Å². The van der Waals surface area contributed by atoms with Gasteiger partial charge in [0.25, 0.3) is 5.56 Å². The summed E-state index contributed by atoms with van der Waals surface area (Å²) >= 11 is 0. The SMILES string of the molecule is CC.CCC.O=Cc1ccccc1-c1cc(-c2ccccn2)cn(-c2ccccc2)c1=O.O=Cc1ccccc1B(O)O. The minimum atomic E-state index is -1.57. The van der Waals surface area contributed by atoms with Crippen molar-refractivity contribution in [2.45, 2.75) is 34.1 Å². The van der Waals surface area contributed by atoms with E-state index < -0.39 is 7.12 Å². The second-order valence-electron chi connectivity index (χ2n) is 8.90. The highest BCUT2D eigenvalue weighted by Gasteiger charge is 2.15. The van der Waals surface area contributed by atoms with Gasteiger partial charge in [-0.2, -0.15) is 0 Å². The zero-order valence-electron chi connectivity index (χ0n) is 24.9. The predicted octanol–water partition coefficient (Wildman–Crippen LogP) is 6.00. The first-order valence-electron chi connectivity index (χ1n) is 14.1. The van der Waals surface area contributed by atoms with E-state index in [9.17, 15) is 14.4 Å². The second kappa shape index (κ2) is 18.5. The first-order valence-corrected chi connectivity index (χ1v) is 14.1. The second-order valence-corrected chi connectivity index (χ2v) is 8.90. The van der Waals surface area contributed by atoms with Gasteiger partial charge in [-0.15, -0.1) is 0 Å². The number of hydrogen-bond donors (Lipinski definition) is 2. The maximum absolute atomic E-state index is 13.2. The fraction of sp³-hybridized carbons (Fsp3) is 0.143. The molecule has 3 aromatic carbocycles. The molecule has 0 atom stereocenters. The van der Waals surface area contributed by atoms with E-state index in [1.54, 1.807) is 53.4 Å². The number of pyridine rings is 2. The van der Waals surface area contributed by atoms with E-state index in [4.69, 9.17) is 10.0 Å². The lowest BCUT2D eigenvalue weighted by atomic mass is 9.77. The van der Waals surface area contributed by atoms with Gasteiger partial charge in [-0.25, -0.2) is 0 Å². The van der Waals surface area contributed by atoms with Gasteiger partial charge in [0.2, 0.25) is 0 Å². The van der Waals surface area contributed by atoms with Crippen molar-refractivity contribution in [3.63, 3.8) is 0 Å². The van der Waals surface area contributed by atoms with Gasteiger partial charge in [-0.1, -0.05) is 107 Å². The molecule has 0 unspecified atom stereocenters. The Morgan fingerprint density at radius 2 is 1.30 bits per heavy atom. The first-order chi connectivity index (χ1) is 20.9. The van der Waals surface area contributed by atoms with Crippen molar-refractivity contribution in [2.24, 2.45) is 0 Å². The third kappa shape index (κ3) is 9.56. The Kier molecular flexibility index (Phi) is 14.8. The number of rotatable bonds is 6. The Hall–Kier alpha value is -4.92. The van der Waals surface area contributed by atoms with Gasteiger partial charge < -0.3 is 10.0 Å². The molecule has 0 aliphatic heterocycles. The molecule has 5 aromatic rings. The van der Waals surface area contributed by atoms with Crippen molar-refractivity contribution in [3.8, 4) is 28.1 Å². The van der Waals surface area contributed by atoms with E-state index in [1.807, 2.05) is 68.4 Å². The van der Waals surface area contributed by atoms with Crippen LogP contribution in [0.1, 0.15) is 54.8 Å². The third-order valence-corrected chi connectivity index (χ3v) is 5.79. The fourth-order valence-corrected chi connectivity index (χ4v) is 3.93. The molecule has 8 heteroatoms. The summed E-state index contributed by atoms with van der Waals surface area (Å²) in [6, 6.07) is 30.3. The van der Waals surface area contributed by atoms with Crippen LogP contribution in [0.4, 0.5) is 0 Å². The van der Waals surface area contributed by atoms with Crippen LogP contribution in [0.15, 0.2) is 120 Å². The average Bonchev–Trinajstić information content (AvgIpc) is 3.07. The quantitative estimate of drug-likeness (QED) is 0.190. The van der Waals surface area contributed by atoms with Gasteiger partial charge in [0.15, 0.2) is 6.29 Å². The highest BCUT2D eigenvalue weighted by molar-refractivity contribution is 6.60. The molecule has 2 N–H and O–H groups in total. The molecule has 0 fully saturated rings. The summed E-state index contributed by atoms with van der Waals surface area (Å²) in [4.78, 5) is 39.5. The molecule has 0 radical (unpaired) electrons. The molecule has 0 bridgehead atoms. The fourth-order valence-electron chi connectivity index (χ4n) is 3.93. The standard InChI is InChI=1S/C23H16N2O2.C7H7BO3.C3H8.C2H6/c26-16-17-8-4-5-11-20(17)21-14-18(22-12-6-7-13-24-22)15-25(23(21)27)19-9-2-1-3-10-19;9-5-6-3-1-2-4-7(6)8(10)11;1-3-2;1-2/h1-16H;1-5,10-11H;3H2,1-2H3;1-2H3. The van der Waals surface area contributed by atoms with Crippen molar-refractivity contribution in [1.29, 1.82) is 0 Å². The van der Waals surface area contributed by atoms with Crippen molar-refractivity contribution in [2.75, 3.05) is 0 Å². The lowest BCUT2D eigenvalue weighted by molar-refractivity contribution is 0.111. The number of carbonyl (C=O) groups excluding carboxylic acids is 2. The lowest BCUT2D eigenvalue weighted by Crippen LogP contribution is -2.32. The Bertz CT molecular complexity index is 1620. The van der Waals surface area contributed by atoms with Gasteiger partial charge in [-0.3, -0.25) is 23.9 Å². The summed E-state index contributed by atoms with van der Waals surface area (Å²) in [7, 11) is -1.57. The van der Waals surface area contributed by atoms with Crippen LogP contribution in [-0.2, 0) is 0 Å². The normalized spacial score (nSPS) is 9.53. The molecule has 2 aromatic heterocycles. The van der Waals surface area contributed by atoms with Gasteiger partial charge in [-0.05, 0) is 41.4 Å². The Labute approximate surface area is 253 Å².